The third-order valence-electron chi connectivity index (χ3n) is 3.75. The molecule has 132 valence electrons. The molecular weight excluding hydrogens is 325 g/mol. The van der Waals surface area contributed by atoms with Crippen LogP contribution in [0, 0.1) is 5.82 Å². The van der Waals surface area contributed by atoms with Crippen molar-refractivity contribution in [2.75, 3.05) is 25.1 Å². The highest BCUT2D eigenvalue weighted by Gasteiger charge is 2.17. The van der Waals surface area contributed by atoms with E-state index in [2.05, 4.69) is 15.6 Å². The zero-order chi connectivity index (χ0) is 17.5. The van der Waals surface area contributed by atoms with E-state index < -0.39 is 5.82 Å². The van der Waals surface area contributed by atoms with Crippen molar-refractivity contribution in [3.05, 3.63) is 54.1 Å². The number of nitrogens with zero attached hydrogens (tertiary/aromatic N) is 1. The lowest BCUT2D eigenvalue weighted by atomic mass is 10.2. The van der Waals surface area contributed by atoms with Crippen molar-refractivity contribution in [3.8, 4) is 5.75 Å². The molecule has 1 unspecified atom stereocenters. The van der Waals surface area contributed by atoms with Crippen LogP contribution in [-0.4, -0.2) is 36.7 Å². The number of amides is 1. The van der Waals surface area contributed by atoms with Crippen LogP contribution in [0.3, 0.4) is 0 Å². The number of hydrogen-bond acceptors (Lipinski definition) is 5. The van der Waals surface area contributed by atoms with Crippen LogP contribution in [-0.2, 0) is 16.1 Å². The van der Waals surface area contributed by atoms with Gasteiger partial charge in [-0.15, -0.1) is 0 Å². The van der Waals surface area contributed by atoms with E-state index in [4.69, 9.17) is 9.47 Å². The second-order valence-corrected chi connectivity index (χ2v) is 5.73. The lowest BCUT2D eigenvalue weighted by Gasteiger charge is -2.23. The van der Waals surface area contributed by atoms with Gasteiger partial charge in [0.05, 0.1) is 18.9 Å². The maximum Gasteiger partial charge on any atom is 0.226 e. The average molecular weight is 345 g/mol. The van der Waals surface area contributed by atoms with Gasteiger partial charge >= 0.3 is 0 Å². The van der Waals surface area contributed by atoms with Gasteiger partial charge in [-0.1, -0.05) is 6.07 Å². The molecule has 0 radical (unpaired) electrons. The number of ether oxygens (including phenoxy) is 2. The van der Waals surface area contributed by atoms with Crippen LogP contribution in [0.25, 0.3) is 0 Å². The number of carbonyl (C=O) groups is 1. The van der Waals surface area contributed by atoms with Crippen LogP contribution in [0.15, 0.2) is 42.6 Å². The first kappa shape index (κ1) is 17.3. The highest BCUT2D eigenvalue weighted by molar-refractivity contribution is 5.91. The van der Waals surface area contributed by atoms with Gasteiger partial charge < -0.3 is 20.1 Å². The van der Waals surface area contributed by atoms with E-state index in [0.29, 0.717) is 24.6 Å². The Bertz CT molecular complexity index is 706. The lowest BCUT2D eigenvalue weighted by Crippen LogP contribution is -2.43. The number of benzene rings is 1. The molecule has 7 heteroatoms. The van der Waals surface area contributed by atoms with Crippen molar-refractivity contribution in [1.82, 2.24) is 10.3 Å². The molecule has 1 atom stereocenters. The Morgan fingerprint density at radius 1 is 1.40 bits per heavy atom. The summed E-state index contributed by atoms with van der Waals surface area (Å²) in [6.45, 7) is 2.07. The lowest BCUT2D eigenvalue weighted by molar-refractivity contribution is -0.117. The van der Waals surface area contributed by atoms with Crippen LogP contribution in [0.1, 0.15) is 12.1 Å². The smallest absolute Gasteiger partial charge is 0.226 e. The summed E-state index contributed by atoms with van der Waals surface area (Å²) in [7, 11) is 0. The van der Waals surface area contributed by atoms with Crippen LogP contribution in [0.5, 0.6) is 5.75 Å². The molecule has 0 aliphatic carbocycles. The van der Waals surface area contributed by atoms with E-state index in [1.807, 2.05) is 6.07 Å². The van der Waals surface area contributed by atoms with Gasteiger partial charge in [0.1, 0.15) is 6.61 Å². The molecule has 1 fully saturated rings. The van der Waals surface area contributed by atoms with Gasteiger partial charge in [-0.3, -0.25) is 9.78 Å². The zero-order valence-corrected chi connectivity index (χ0v) is 13.7. The van der Waals surface area contributed by atoms with Gasteiger partial charge in [0, 0.05) is 37.0 Å². The molecule has 1 aromatic carbocycles. The van der Waals surface area contributed by atoms with Crippen molar-refractivity contribution < 1.29 is 18.7 Å². The fourth-order valence-electron chi connectivity index (χ4n) is 2.52. The van der Waals surface area contributed by atoms with E-state index >= 15 is 0 Å². The Balaban J connectivity index is 1.53. The molecule has 25 heavy (non-hydrogen) atoms. The highest BCUT2D eigenvalue weighted by atomic mass is 19.1. The normalized spacial score (nSPS) is 17.1. The highest BCUT2D eigenvalue weighted by Crippen LogP contribution is 2.22. The van der Waals surface area contributed by atoms with Crippen LogP contribution >= 0.6 is 0 Å². The van der Waals surface area contributed by atoms with Crippen molar-refractivity contribution in [1.29, 1.82) is 0 Å². The summed E-state index contributed by atoms with van der Waals surface area (Å²) in [6.07, 6.45) is 1.93. The SMILES string of the molecule is O=C(CC1COCCN1)Nc1ccc(OCc2ccccn2)c(F)c1. The largest absolute Gasteiger partial charge is 0.484 e. The number of hydrogen-bond donors (Lipinski definition) is 2. The quantitative estimate of drug-likeness (QED) is 0.839. The van der Waals surface area contributed by atoms with Gasteiger partial charge in [0.15, 0.2) is 11.6 Å². The van der Waals surface area contributed by atoms with E-state index in [-0.39, 0.29) is 30.7 Å². The molecule has 3 rings (SSSR count). The second kappa shape index (κ2) is 8.55. The number of anilines is 1. The molecule has 0 bridgehead atoms. The van der Waals surface area contributed by atoms with Gasteiger partial charge in [0.2, 0.25) is 5.91 Å². The van der Waals surface area contributed by atoms with Crippen molar-refractivity contribution in [2.45, 2.75) is 19.1 Å². The molecular formula is C18H20FN3O3. The Morgan fingerprint density at radius 3 is 3.04 bits per heavy atom. The van der Waals surface area contributed by atoms with E-state index in [0.717, 1.165) is 6.54 Å². The molecule has 6 nitrogen and oxygen atoms in total. The third-order valence-corrected chi connectivity index (χ3v) is 3.75. The van der Waals surface area contributed by atoms with E-state index in [1.54, 1.807) is 24.4 Å². The molecule has 2 aromatic rings. The molecule has 1 amide bonds. The first-order valence-electron chi connectivity index (χ1n) is 8.14. The topological polar surface area (TPSA) is 72.5 Å². The summed E-state index contributed by atoms with van der Waals surface area (Å²) in [5.74, 6) is -0.608. The molecule has 2 N–H and O–H groups in total. The van der Waals surface area contributed by atoms with Crippen molar-refractivity contribution >= 4 is 11.6 Å². The van der Waals surface area contributed by atoms with Crippen molar-refractivity contribution in [2.24, 2.45) is 0 Å². The number of rotatable bonds is 6. The Labute approximate surface area is 145 Å². The van der Waals surface area contributed by atoms with Crippen LogP contribution in [0.2, 0.25) is 0 Å². The van der Waals surface area contributed by atoms with E-state index in [1.165, 1.54) is 12.1 Å². The first-order valence-corrected chi connectivity index (χ1v) is 8.14. The van der Waals surface area contributed by atoms with Crippen LogP contribution in [0.4, 0.5) is 10.1 Å². The molecule has 0 saturated carbocycles. The number of morpholine rings is 1. The zero-order valence-electron chi connectivity index (χ0n) is 13.7. The Hall–Kier alpha value is -2.51. The van der Waals surface area contributed by atoms with Gasteiger partial charge in [-0.05, 0) is 24.3 Å². The van der Waals surface area contributed by atoms with Gasteiger partial charge in [0.25, 0.3) is 0 Å². The van der Waals surface area contributed by atoms with Crippen molar-refractivity contribution in [3.63, 3.8) is 0 Å². The molecule has 1 aliphatic heterocycles. The summed E-state index contributed by atoms with van der Waals surface area (Å²) in [6, 6.07) is 9.78. The van der Waals surface area contributed by atoms with Crippen LogP contribution < -0.4 is 15.4 Å². The number of pyridine rings is 1. The van der Waals surface area contributed by atoms with Gasteiger partial charge in [-0.25, -0.2) is 4.39 Å². The summed E-state index contributed by atoms with van der Waals surface area (Å²) in [5, 5.41) is 5.89. The fourth-order valence-corrected chi connectivity index (χ4v) is 2.52. The third kappa shape index (κ3) is 5.23. The maximum atomic E-state index is 14.1. The first-order chi connectivity index (χ1) is 12.2. The number of halogens is 1. The molecule has 1 saturated heterocycles. The summed E-state index contributed by atoms with van der Waals surface area (Å²) < 4.78 is 24.9. The minimum Gasteiger partial charge on any atom is -0.484 e. The summed E-state index contributed by atoms with van der Waals surface area (Å²) >= 11 is 0. The predicted molar refractivity (Wildman–Crippen MR) is 90.8 cm³/mol. The number of nitrogens with one attached hydrogen (secondary N) is 2. The minimum absolute atomic E-state index is 0.0143. The standard InChI is InChI=1S/C18H20FN3O3/c19-16-9-13(22-18(23)10-15-11-24-8-7-21-15)4-5-17(16)25-12-14-3-1-2-6-20-14/h1-6,9,15,21H,7-8,10-12H2,(H,22,23). The predicted octanol–water partition coefficient (Wildman–Crippen LogP) is 2.12. The minimum atomic E-state index is -0.534. The molecule has 0 spiro atoms. The maximum absolute atomic E-state index is 14.1. The summed E-state index contributed by atoms with van der Waals surface area (Å²) in [4.78, 5) is 16.1. The monoisotopic (exact) mass is 345 g/mol. The second-order valence-electron chi connectivity index (χ2n) is 5.73. The fraction of sp³-hybridized carbons (Fsp3) is 0.333. The number of aromatic nitrogens is 1. The summed E-state index contributed by atoms with van der Waals surface area (Å²) in [5.41, 5.74) is 1.10. The molecule has 1 aliphatic rings. The van der Waals surface area contributed by atoms with E-state index in [9.17, 15) is 9.18 Å². The Kier molecular flexibility index (Phi) is 5.92. The molecule has 1 aromatic heterocycles. The number of carbonyl (C=O) groups excluding carboxylic acids is 1. The molecule has 2 heterocycles. The Morgan fingerprint density at radius 2 is 2.32 bits per heavy atom. The average Bonchev–Trinajstić information content (AvgIpc) is 2.63. The van der Waals surface area contributed by atoms with Gasteiger partial charge in [-0.2, -0.15) is 0 Å².